The number of hydrogen-bond donors (Lipinski definition) is 1. The predicted octanol–water partition coefficient (Wildman–Crippen LogP) is 3.49. The summed E-state index contributed by atoms with van der Waals surface area (Å²) in [5.41, 5.74) is 1.51. The lowest BCUT2D eigenvalue weighted by atomic mass is 10.1. The molecule has 0 radical (unpaired) electrons. The first-order chi connectivity index (χ1) is 9.63. The van der Waals surface area contributed by atoms with E-state index < -0.39 is 11.6 Å². The van der Waals surface area contributed by atoms with Gasteiger partial charge in [0.2, 0.25) is 0 Å². The Kier molecular flexibility index (Phi) is 2.95. The van der Waals surface area contributed by atoms with Crippen molar-refractivity contribution in [2.24, 2.45) is 0 Å². The molecule has 0 saturated heterocycles. The van der Waals surface area contributed by atoms with Gasteiger partial charge in [-0.2, -0.15) is 5.10 Å². The van der Waals surface area contributed by atoms with E-state index in [0.29, 0.717) is 5.56 Å². The number of pyridine rings is 1. The number of benzene rings is 1. The summed E-state index contributed by atoms with van der Waals surface area (Å²) in [6, 6.07) is 7.48. The van der Waals surface area contributed by atoms with Gasteiger partial charge in [-0.25, -0.2) is 13.3 Å². The number of nitrogens with zero attached hydrogens (tertiary/aromatic N) is 2. The van der Waals surface area contributed by atoms with Gasteiger partial charge < -0.3 is 5.11 Å². The van der Waals surface area contributed by atoms with Gasteiger partial charge in [0.05, 0.1) is 12.4 Å². The maximum absolute atomic E-state index is 13.8. The predicted molar refractivity (Wildman–Crippen MR) is 72.1 cm³/mol. The van der Waals surface area contributed by atoms with Crippen LogP contribution in [0.1, 0.15) is 11.1 Å². The van der Waals surface area contributed by atoms with E-state index in [4.69, 9.17) is 0 Å². The molecule has 2 heterocycles. The minimum absolute atomic E-state index is 0.153. The average Bonchev–Trinajstić information content (AvgIpc) is 2.79. The molecule has 100 valence electrons. The Balaban J connectivity index is 2.03. The zero-order valence-corrected chi connectivity index (χ0v) is 10.3. The van der Waals surface area contributed by atoms with E-state index in [9.17, 15) is 13.9 Å². The lowest BCUT2D eigenvalue weighted by Gasteiger charge is -1.98. The Morgan fingerprint density at radius 2 is 2.00 bits per heavy atom. The Labute approximate surface area is 113 Å². The highest BCUT2D eigenvalue weighted by Gasteiger charge is 2.09. The Morgan fingerprint density at radius 3 is 2.80 bits per heavy atom. The first kappa shape index (κ1) is 12.3. The van der Waals surface area contributed by atoms with Crippen LogP contribution >= 0.6 is 0 Å². The fraction of sp³-hybridized carbons (Fsp3) is 0. The van der Waals surface area contributed by atoms with Crippen molar-refractivity contribution in [1.82, 2.24) is 9.61 Å². The maximum Gasteiger partial charge on any atom is 0.152 e. The van der Waals surface area contributed by atoms with Crippen molar-refractivity contribution in [2.45, 2.75) is 0 Å². The summed E-state index contributed by atoms with van der Waals surface area (Å²) in [7, 11) is 0. The lowest BCUT2D eigenvalue weighted by Crippen LogP contribution is -1.92. The second kappa shape index (κ2) is 4.77. The van der Waals surface area contributed by atoms with Crippen molar-refractivity contribution in [1.29, 1.82) is 0 Å². The molecule has 3 rings (SSSR count). The third-order valence-electron chi connectivity index (χ3n) is 2.89. The van der Waals surface area contributed by atoms with Crippen LogP contribution in [0.4, 0.5) is 8.78 Å². The van der Waals surface area contributed by atoms with Crippen LogP contribution in [0, 0.1) is 11.6 Å². The van der Waals surface area contributed by atoms with Crippen molar-refractivity contribution in [3.05, 3.63) is 65.5 Å². The molecule has 0 unspecified atom stereocenters. The molecule has 0 atom stereocenters. The topological polar surface area (TPSA) is 37.5 Å². The molecular formula is C15H10F2N2O. The average molecular weight is 272 g/mol. The third-order valence-corrected chi connectivity index (χ3v) is 2.89. The number of hydrogen-bond acceptors (Lipinski definition) is 2. The van der Waals surface area contributed by atoms with Gasteiger partial charge in [0.1, 0.15) is 17.1 Å². The number of rotatable bonds is 2. The molecule has 0 saturated carbocycles. The van der Waals surface area contributed by atoms with E-state index in [-0.39, 0.29) is 11.3 Å². The number of aromatic nitrogens is 2. The van der Waals surface area contributed by atoms with Gasteiger partial charge in [0, 0.05) is 11.6 Å². The molecule has 0 fully saturated rings. The number of phenols is 1. The van der Waals surface area contributed by atoms with Gasteiger partial charge >= 0.3 is 0 Å². The molecular weight excluding hydrogens is 262 g/mol. The van der Waals surface area contributed by atoms with Gasteiger partial charge in [0.25, 0.3) is 0 Å². The Hall–Kier alpha value is -2.69. The monoisotopic (exact) mass is 272 g/mol. The first-order valence-corrected chi connectivity index (χ1v) is 5.93. The summed E-state index contributed by atoms with van der Waals surface area (Å²) in [4.78, 5) is 0. The number of phenolic OH excluding ortho intramolecular Hbond substituents is 1. The van der Waals surface area contributed by atoms with E-state index in [0.717, 1.165) is 22.3 Å². The van der Waals surface area contributed by atoms with Gasteiger partial charge in [-0.1, -0.05) is 24.3 Å². The molecule has 1 N–H and O–H groups in total. The summed E-state index contributed by atoms with van der Waals surface area (Å²) in [5.74, 6) is -1.19. The fourth-order valence-corrected chi connectivity index (χ4v) is 2.00. The van der Waals surface area contributed by atoms with Crippen LogP contribution in [0.15, 0.2) is 42.7 Å². The van der Waals surface area contributed by atoms with Gasteiger partial charge in [-0.05, 0) is 17.7 Å². The summed E-state index contributed by atoms with van der Waals surface area (Å²) in [6.07, 6.45) is 5.96. The molecule has 0 aliphatic rings. The zero-order valence-electron chi connectivity index (χ0n) is 10.3. The molecule has 0 aliphatic heterocycles. The van der Waals surface area contributed by atoms with Crippen LogP contribution in [0.25, 0.3) is 17.7 Å². The number of aromatic hydroxyl groups is 1. The van der Waals surface area contributed by atoms with Gasteiger partial charge in [0.15, 0.2) is 5.82 Å². The van der Waals surface area contributed by atoms with E-state index >= 15 is 0 Å². The van der Waals surface area contributed by atoms with Crippen molar-refractivity contribution in [3.63, 3.8) is 0 Å². The largest absolute Gasteiger partial charge is 0.508 e. The second-order valence-corrected chi connectivity index (χ2v) is 4.33. The highest BCUT2D eigenvalue weighted by molar-refractivity contribution is 5.78. The number of halogens is 2. The van der Waals surface area contributed by atoms with Gasteiger partial charge in [-0.15, -0.1) is 0 Å². The van der Waals surface area contributed by atoms with Crippen LogP contribution in [0.5, 0.6) is 5.75 Å². The zero-order chi connectivity index (χ0) is 14.1. The molecule has 0 aliphatic carbocycles. The second-order valence-electron chi connectivity index (χ2n) is 4.33. The summed E-state index contributed by atoms with van der Waals surface area (Å²) >= 11 is 0. The molecule has 3 nitrogen and oxygen atoms in total. The highest BCUT2D eigenvalue weighted by atomic mass is 19.1. The standard InChI is InChI=1S/C15H10F2N2O/c16-12-7-14(17)15-11(8-18-19(15)9-12)5-4-10-2-1-3-13(20)6-10/h1-9,20H/b5-4+. The van der Waals surface area contributed by atoms with Crippen molar-refractivity contribution < 1.29 is 13.9 Å². The normalized spacial score (nSPS) is 11.5. The van der Waals surface area contributed by atoms with Crippen molar-refractivity contribution in [3.8, 4) is 5.75 Å². The summed E-state index contributed by atoms with van der Waals surface area (Å²) in [5, 5.41) is 13.3. The lowest BCUT2D eigenvalue weighted by molar-refractivity contribution is 0.475. The van der Waals surface area contributed by atoms with E-state index in [1.54, 1.807) is 36.4 Å². The molecule has 5 heteroatoms. The Morgan fingerprint density at radius 1 is 1.15 bits per heavy atom. The quantitative estimate of drug-likeness (QED) is 0.775. The van der Waals surface area contributed by atoms with Crippen molar-refractivity contribution in [2.75, 3.05) is 0 Å². The molecule has 3 aromatic rings. The molecule has 0 bridgehead atoms. The molecule has 20 heavy (non-hydrogen) atoms. The fourth-order valence-electron chi connectivity index (χ4n) is 2.00. The molecule has 2 aromatic heterocycles. The molecule has 0 amide bonds. The maximum atomic E-state index is 13.8. The van der Waals surface area contributed by atoms with Crippen LogP contribution in [-0.4, -0.2) is 14.7 Å². The van der Waals surface area contributed by atoms with E-state index in [1.165, 1.54) is 6.20 Å². The van der Waals surface area contributed by atoms with Gasteiger partial charge in [-0.3, -0.25) is 0 Å². The first-order valence-electron chi connectivity index (χ1n) is 5.93. The van der Waals surface area contributed by atoms with Crippen LogP contribution < -0.4 is 0 Å². The number of fused-ring (bicyclic) bond motifs is 1. The molecule has 0 spiro atoms. The minimum Gasteiger partial charge on any atom is -0.508 e. The van der Waals surface area contributed by atoms with Crippen LogP contribution in [0.2, 0.25) is 0 Å². The smallest absolute Gasteiger partial charge is 0.152 e. The molecule has 1 aromatic carbocycles. The Bertz CT molecular complexity index is 809. The highest BCUT2D eigenvalue weighted by Crippen LogP contribution is 2.19. The third kappa shape index (κ3) is 2.25. The summed E-state index contributed by atoms with van der Waals surface area (Å²) < 4.78 is 28.0. The van der Waals surface area contributed by atoms with Crippen LogP contribution in [-0.2, 0) is 0 Å². The van der Waals surface area contributed by atoms with Crippen molar-refractivity contribution >= 4 is 17.7 Å². The van der Waals surface area contributed by atoms with Crippen LogP contribution in [0.3, 0.4) is 0 Å². The minimum atomic E-state index is -0.679. The SMILES string of the molecule is Oc1cccc(/C=C/c2cnn3cc(F)cc(F)c23)c1. The summed E-state index contributed by atoms with van der Waals surface area (Å²) in [6.45, 7) is 0. The van der Waals surface area contributed by atoms with E-state index in [1.807, 2.05) is 0 Å². The van der Waals surface area contributed by atoms with E-state index in [2.05, 4.69) is 5.10 Å².